The lowest BCUT2D eigenvalue weighted by Crippen LogP contribution is -2.24. The number of carbonyl (C=O) groups is 1. The Bertz CT molecular complexity index is 999. The molecule has 3 rings (SSSR count). The zero-order valence-electron chi connectivity index (χ0n) is 16.7. The van der Waals surface area contributed by atoms with Crippen LogP contribution in [0.3, 0.4) is 0 Å². The summed E-state index contributed by atoms with van der Waals surface area (Å²) in [6, 6.07) is 10.1. The molecule has 2 aromatic carbocycles. The third-order valence-electron chi connectivity index (χ3n) is 4.96. The third-order valence-corrected chi connectivity index (χ3v) is 6.34. The van der Waals surface area contributed by atoms with Gasteiger partial charge in [0.1, 0.15) is 5.75 Å². The molecule has 1 aliphatic rings. The number of sulfonamides is 1. The number of methoxy groups -OCH3 is 1. The van der Waals surface area contributed by atoms with Crippen molar-refractivity contribution in [1.82, 2.24) is 0 Å². The molecule has 2 aromatic rings. The van der Waals surface area contributed by atoms with Crippen molar-refractivity contribution in [2.45, 2.75) is 44.4 Å². The average molecular weight is 403 g/mol. The molecular formula is C21H26N2O4S. The van der Waals surface area contributed by atoms with Gasteiger partial charge in [0.25, 0.3) is 10.0 Å². The molecule has 1 fully saturated rings. The Morgan fingerprint density at radius 2 is 1.89 bits per heavy atom. The summed E-state index contributed by atoms with van der Waals surface area (Å²) in [7, 11) is -2.20. The average Bonchev–Trinajstić information content (AvgIpc) is 3.08. The zero-order valence-corrected chi connectivity index (χ0v) is 17.5. The van der Waals surface area contributed by atoms with Gasteiger partial charge in [-0.25, -0.2) is 8.42 Å². The lowest BCUT2D eigenvalue weighted by Gasteiger charge is -2.20. The molecule has 1 amide bonds. The monoisotopic (exact) mass is 402 g/mol. The zero-order chi connectivity index (χ0) is 20.5. The van der Waals surface area contributed by atoms with Crippen molar-refractivity contribution in [3.8, 4) is 5.75 Å². The van der Waals surface area contributed by atoms with Gasteiger partial charge >= 0.3 is 0 Å². The van der Waals surface area contributed by atoms with Crippen LogP contribution in [-0.2, 0) is 14.8 Å². The van der Waals surface area contributed by atoms with Gasteiger partial charge in [-0.2, -0.15) is 0 Å². The molecule has 0 aromatic heterocycles. The summed E-state index contributed by atoms with van der Waals surface area (Å²) in [4.78, 5) is 14.0. The lowest BCUT2D eigenvalue weighted by molar-refractivity contribution is -0.117. The van der Waals surface area contributed by atoms with Gasteiger partial charge in [-0.1, -0.05) is 19.9 Å². The van der Waals surface area contributed by atoms with Crippen molar-refractivity contribution in [1.29, 1.82) is 0 Å². The Morgan fingerprint density at radius 3 is 2.50 bits per heavy atom. The normalized spacial score (nSPS) is 14.6. The highest BCUT2D eigenvalue weighted by atomic mass is 32.2. The number of hydrogen-bond donors (Lipinski definition) is 1. The number of carbonyl (C=O) groups excluding carboxylic acids is 1. The quantitative estimate of drug-likeness (QED) is 0.791. The van der Waals surface area contributed by atoms with E-state index in [2.05, 4.69) is 4.72 Å². The van der Waals surface area contributed by atoms with E-state index in [1.807, 2.05) is 26.8 Å². The van der Waals surface area contributed by atoms with Crippen LogP contribution in [0.1, 0.15) is 43.7 Å². The van der Waals surface area contributed by atoms with Crippen molar-refractivity contribution in [3.63, 3.8) is 0 Å². The molecule has 0 radical (unpaired) electrons. The van der Waals surface area contributed by atoms with Crippen LogP contribution in [0.4, 0.5) is 11.4 Å². The van der Waals surface area contributed by atoms with Gasteiger partial charge in [-0.05, 0) is 60.7 Å². The summed E-state index contributed by atoms with van der Waals surface area (Å²) in [5.41, 5.74) is 2.95. The van der Waals surface area contributed by atoms with Crippen LogP contribution < -0.4 is 14.4 Å². The van der Waals surface area contributed by atoms with Crippen LogP contribution >= 0.6 is 0 Å². The molecule has 0 atom stereocenters. The summed E-state index contributed by atoms with van der Waals surface area (Å²) >= 11 is 0. The molecule has 0 unspecified atom stereocenters. The van der Waals surface area contributed by atoms with Crippen LogP contribution in [0, 0.1) is 6.92 Å². The first-order chi connectivity index (χ1) is 13.2. The number of benzene rings is 2. The molecule has 6 nitrogen and oxygen atoms in total. The number of anilines is 2. The van der Waals surface area contributed by atoms with Gasteiger partial charge < -0.3 is 9.64 Å². The largest absolute Gasteiger partial charge is 0.496 e. The Kier molecular flexibility index (Phi) is 5.65. The smallest absolute Gasteiger partial charge is 0.261 e. The highest BCUT2D eigenvalue weighted by Gasteiger charge is 2.24. The molecule has 1 aliphatic heterocycles. The van der Waals surface area contributed by atoms with E-state index in [1.165, 1.54) is 6.07 Å². The second-order valence-corrected chi connectivity index (χ2v) is 9.00. The Morgan fingerprint density at radius 1 is 1.14 bits per heavy atom. The first kappa shape index (κ1) is 20.2. The summed E-state index contributed by atoms with van der Waals surface area (Å²) in [6.07, 6.45) is 1.34. The molecule has 1 saturated heterocycles. The van der Waals surface area contributed by atoms with E-state index in [1.54, 1.807) is 36.3 Å². The van der Waals surface area contributed by atoms with Crippen molar-refractivity contribution in [2.75, 3.05) is 23.3 Å². The first-order valence-electron chi connectivity index (χ1n) is 9.34. The molecular weight excluding hydrogens is 376 g/mol. The number of nitrogens with one attached hydrogen (secondary N) is 1. The summed E-state index contributed by atoms with van der Waals surface area (Å²) < 4.78 is 33.8. The lowest BCUT2D eigenvalue weighted by atomic mass is 10.0. The Labute approximate surface area is 166 Å². The molecule has 0 bridgehead atoms. The second kappa shape index (κ2) is 7.83. The maximum atomic E-state index is 12.9. The summed E-state index contributed by atoms with van der Waals surface area (Å²) in [5.74, 6) is 0.858. The van der Waals surface area contributed by atoms with Gasteiger partial charge in [0.05, 0.1) is 17.7 Å². The highest BCUT2D eigenvalue weighted by molar-refractivity contribution is 7.92. The van der Waals surface area contributed by atoms with Crippen LogP contribution in [0.5, 0.6) is 5.75 Å². The minimum atomic E-state index is -3.77. The van der Waals surface area contributed by atoms with Crippen molar-refractivity contribution >= 4 is 27.3 Å². The molecule has 7 heteroatoms. The maximum Gasteiger partial charge on any atom is 0.261 e. The topological polar surface area (TPSA) is 75.7 Å². The maximum absolute atomic E-state index is 12.9. The van der Waals surface area contributed by atoms with E-state index in [0.29, 0.717) is 24.4 Å². The minimum Gasteiger partial charge on any atom is -0.496 e. The van der Waals surface area contributed by atoms with Gasteiger partial charge in [0, 0.05) is 18.7 Å². The summed E-state index contributed by atoms with van der Waals surface area (Å²) in [5, 5.41) is 0. The number of rotatable bonds is 6. The predicted octanol–water partition coefficient (Wildman–Crippen LogP) is 4.05. The number of hydrogen-bond acceptors (Lipinski definition) is 4. The van der Waals surface area contributed by atoms with Crippen LogP contribution in [0.2, 0.25) is 0 Å². The fourth-order valence-corrected chi connectivity index (χ4v) is 4.50. The molecule has 1 N–H and O–H groups in total. The van der Waals surface area contributed by atoms with Gasteiger partial charge in [0.2, 0.25) is 5.91 Å². The van der Waals surface area contributed by atoms with Gasteiger partial charge in [-0.15, -0.1) is 0 Å². The number of nitrogens with zero attached hydrogens (tertiary/aromatic N) is 1. The second-order valence-electron chi connectivity index (χ2n) is 7.31. The van der Waals surface area contributed by atoms with Gasteiger partial charge in [-0.3, -0.25) is 9.52 Å². The molecule has 1 heterocycles. The molecule has 0 saturated carbocycles. The number of aryl methyl sites for hydroxylation is 1. The predicted molar refractivity (Wildman–Crippen MR) is 111 cm³/mol. The SMILES string of the molecule is COc1ccc(S(=O)(=O)Nc2ccc(C)c(N3CCCC3=O)c2)cc1C(C)C. The summed E-state index contributed by atoms with van der Waals surface area (Å²) in [6.45, 7) is 6.55. The van der Waals surface area contributed by atoms with Crippen LogP contribution in [0.15, 0.2) is 41.3 Å². The van der Waals surface area contributed by atoms with E-state index >= 15 is 0 Å². The van der Waals surface area contributed by atoms with Gasteiger partial charge in [0.15, 0.2) is 0 Å². The van der Waals surface area contributed by atoms with E-state index in [9.17, 15) is 13.2 Å². The number of ether oxygens (including phenoxy) is 1. The Balaban J connectivity index is 1.93. The molecule has 0 spiro atoms. The molecule has 28 heavy (non-hydrogen) atoms. The fourth-order valence-electron chi connectivity index (χ4n) is 3.41. The third kappa shape index (κ3) is 3.99. The van der Waals surface area contributed by atoms with E-state index in [0.717, 1.165) is 23.2 Å². The van der Waals surface area contributed by atoms with Crippen molar-refractivity contribution in [2.24, 2.45) is 0 Å². The van der Waals surface area contributed by atoms with E-state index < -0.39 is 10.0 Å². The van der Waals surface area contributed by atoms with E-state index in [-0.39, 0.29) is 16.7 Å². The van der Waals surface area contributed by atoms with Crippen molar-refractivity contribution < 1.29 is 17.9 Å². The van der Waals surface area contributed by atoms with E-state index in [4.69, 9.17) is 4.74 Å². The number of amides is 1. The van der Waals surface area contributed by atoms with Crippen LogP contribution in [-0.4, -0.2) is 28.0 Å². The van der Waals surface area contributed by atoms with Crippen molar-refractivity contribution in [3.05, 3.63) is 47.5 Å². The minimum absolute atomic E-state index is 0.0693. The molecule has 150 valence electrons. The standard InChI is InChI=1S/C21H26N2O4S/c1-14(2)18-13-17(9-10-20(18)27-4)28(25,26)22-16-8-7-15(3)19(12-16)23-11-5-6-21(23)24/h7-10,12-14,22H,5-6,11H2,1-4H3. The first-order valence-corrected chi connectivity index (χ1v) is 10.8. The highest BCUT2D eigenvalue weighted by Crippen LogP contribution is 2.31. The fraction of sp³-hybridized carbons (Fsp3) is 0.381. The van der Waals surface area contributed by atoms with Crippen LogP contribution in [0.25, 0.3) is 0 Å². The Hall–Kier alpha value is -2.54. The molecule has 0 aliphatic carbocycles.